The number of hydrogen-bond donors (Lipinski definition) is 1. The smallest absolute Gasteiger partial charge is 0.338 e. The zero-order chi connectivity index (χ0) is 18.7. The summed E-state index contributed by atoms with van der Waals surface area (Å²) >= 11 is 0. The third-order valence-electron chi connectivity index (χ3n) is 4.06. The minimum Gasteiger partial charge on any atom is -0.462 e. The first-order valence-corrected chi connectivity index (χ1v) is 8.20. The molecule has 10 heteroatoms. The van der Waals surface area contributed by atoms with Crippen molar-refractivity contribution in [3.05, 3.63) is 51.2 Å². The second-order valence-corrected chi connectivity index (χ2v) is 5.85. The summed E-state index contributed by atoms with van der Waals surface area (Å²) in [5.74, 6) is -0.148. The average molecular weight is 358 g/mol. The molecule has 2 aromatic rings. The maximum atomic E-state index is 12.7. The number of anilines is 1. The molecule has 0 radical (unpaired) electrons. The Morgan fingerprint density at radius 2 is 2.27 bits per heavy atom. The second-order valence-electron chi connectivity index (χ2n) is 5.85. The van der Waals surface area contributed by atoms with Gasteiger partial charge in [-0.1, -0.05) is 30.6 Å². The molecule has 1 N–H and O–H groups in total. The highest BCUT2D eigenvalue weighted by molar-refractivity contribution is 5.92. The van der Waals surface area contributed by atoms with Gasteiger partial charge in [0.25, 0.3) is 5.69 Å². The highest BCUT2D eigenvalue weighted by Gasteiger charge is 2.35. The largest absolute Gasteiger partial charge is 0.462 e. The molecule has 10 nitrogen and oxygen atoms in total. The van der Waals surface area contributed by atoms with Crippen LogP contribution in [0.2, 0.25) is 0 Å². The Labute approximate surface area is 149 Å². The van der Waals surface area contributed by atoms with E-state index in [-0.39, 0.29) is 5.69 Å². The third-order valence-corrected chi connectivity index (χ3v) is 4.06. The summed E-state index contributed by atoms with van der Waals surface area (Å²) in [6.07, 6.45) is 1.65. The minimum absolute atomic E-state index is 0.0768. The Hall–Kier alpha value is -3.30. The van der Waals surface area contributed by atoms with Crippen molar-refractivity contribution in [3.63, 3.8) is 0 Å². The maximum Gasteiger partial charge on any atom is 0.338 e. The van der Waals surface area contributed by atoms with Crippen molar-refractivity contribution in [1.29, 1.82) is 0 Å². The van der Waals surface area contributed by atoms with E-state index in [0.29, 0.717) is 29.4 Å². The molecule has 0 spiro atoms. The molecule has 0 amide bonds. The van der Waals surface area contributed by atoms with Gasteiger partial charge in [-0.3, -0.25) is 10.1 Å². The standard InChI is InChI=1S/C16H18N6O4/c1-3-4-8-26-15(23)13-10(2)17-16-18-19-20-21(16)14(13)11-6-5-7-12(9-11)22(24)25/h5-7,9,14H,3-4,8H2,1-2H3,(H,17,18,20)/t14-/m0/s1. The van der Waals surface area contributed by atoms with Crippen LogP contribution in [0.5, 0.6) is 0 Å². The number of carbonyl (C=O) groups excluding carboxylic acids is 1. The van der Waals surface area contributed by atoms with Gasteiger partial charge in [0.1, 0.15) is 6.04 Å². The van der Waals surface area contributed by atoms with Crippen LogP contribution >= 0.6 is 0 Å². The Morgan fingerprint density at radius 3 is 3.00 bits per heavy atom. The predicted molar refractivity (Wildman–Crippen MR) is 91.2 cm³/mol. The van der Waals surface area contributed by atoms with Crippen molar-refractivity contribution in [2.75, 3.05) is 11.9 Å². The van der Waals surface area contributed by atoms with E-state index < -0.39 is 16.9 Å². The molecule has 1 aliphatic rings. The van der Waals surface area contributed by atoms with Gasteiger partial charge in [-0.05, 0) is 29.3 Å². The fourth-order valence-corrected chi connectivity index (χ4v) is 2.78. The first kappa shape index (κ1) is 17.5. The molecule has 1 aliphatic heterocycles. The Kier molecular flexibility index (Phi) is 4.92. The van der Waals surface area contributed by atoms with Gasteiger partial charge in [0.05, 0.1) is 17.1 Å². The number of nitro groups is 1. The van der Waals surface area contributed by atoms with Gasteiger partial charge < -0.3 is 10.1 Å². The number of esters is 1. The number of unbranched alkanes of at least 4 members (excludes halogenated alkanes) is 1. The predicted octanol–water partition coefficient (Wildman–Crippen LogP) is 2.21. The van der Waals surface area contributed by atoms with Crippen LogP contribution in [-0.4, -0.2) is 37.7 Å². The monoisotopic (exact) mass is 358 g/mol. The first-order chi connectivity index (χ1) is 12.5. The lowest BCUT2D eigenvalue weighted by atomic mass is 9.95. The van der Waals surface area contributed by atoms with Gasteiger partial charge >= 0.3 is 5.97 Å². The quantitative estimate of drug-likeness (QED) is 0.360. The van der Waals surface area contributed by atoms with Crippen LogP contribution in [0, 0.1) is 10.1 Å². The van der Waals surface area contributed by atoms with Gasteiger partial charge in [-0.2, -0.15) is 4.68 Å². The molecule has 136 valence electrons. The number of aromatic nitrogens is 4. The Balaban J connectivity index is 2.05. The number of non-ortho nitro benzene ring substituents is 1. The van der Waals surface area contributed by atoms with Crippen LogP contribution in [0.25, 0.3) is 0 Å². The topological polar surface area (TPSA) is 125 Å². The zero-order valence-corrected chi connectivity index (χ0v) is 14.4. The van der Waals surface area contributed by atoms with Crippen LogP contribution in [0.1, 0.15) is 38.3 Å². The molecule has 1 aromatic heterocycles. The number of carbonyl (C=O) groups is 1. The molecule has 0 unspecified atom stereocenters. The van der Waals surface area contributed by atoms with E-state index in [0.717, 1.165) is 12.8 Å². The van der Waals surface area contributed by atoms with E-state index in [4.69, 9.17) is 4.74 Å². The molecule has 0 saturated heterocycles. The third kappa shape index (κ3) is 3.25. The highest BCUT2D eigenvalue weighted by atomic mass is 16.6. The second kappa shape index (κ2) is 7.30. The number of nitrogens with one attached hydrogen (secondary N) is 1. The van der Waals surface area contributed by atoms with Crippen LogP contribution in [0.4, 0.5) is 11.6 Å². The average Bonchev–Trinajstić information content (AvgIpc) is 3.08. The minimum atomic E-state index is -0.713. The molecular weight excluding hydrogens is 340 g/mol. The van der Waals surface area contributed by atoms with Crippen LogP contribution in [0.15, 0.2) is 35.5 Å². The molecule has 0 bridgehead atoms. The molecule has 1 aromatic carbocycles. The molecule has 0 aliphatic carbocycles. The van der Waals surface area contributed by atoms with Crippen molar-refractivity contribution in [2.24, 2.45) is 0 Å². The summed E-state index contributed by atoms with van der Waals surface area (Å²) in [7, 11) is 0. The van der Waals surface area contributed by atoms with Gasteiger partial charge in [0.2, 0.25) is 5.95 Å². The van der Waals surface area contributed by atoms with Crippen molar-refractivity contribution < 1.29 is 14.5 Å². The van der Waals surface area contributed by atoms with Crippen LogP contribution < -0.4 is 5.32 Å². The fraction of sp³-hybridized carbons (Fsp3) is 0.375. The normalized spacial score (nSPS) is 16.0. The summed E-state index contributed by atoms with van der Waals surface area (Å²) < 4.78 is 6.78. The summed E-state index contributed by atoms with van der Waals surface area (Å²) in [4.78, 5) is 23.3. The maximum absolute atomic E-state index is 12.7. The number of benzene rings is 1. The number of ether oxygens (including phenoxy) is 1. The highest BCUT2D eigenvalue weighted by Crippen LogP contribution is 2.35. The molecule has 3 rings (SSSR count). The lowest BCUT2D eigenvalue weighted by Crippen LogP contribution is -2.29. The van der Waals surface area contributed by atoms with E-state index in [1.807, 2.05) is 6.92 Å². The molecular formula is C16H18N6O4. The fourth-order valence-electron chi connectivity index (χ4n) is 2.78. The Morgan fingerprint density at radius 1 is 1.46 bits per heavy atom. The lowest BCUT2D eigenvalue weighted by molar-refractivity contribution is -0.384. The van der Waals surface area contributed by atoms with E-state index in [9.17, 15) is 14.9 Å². The lowest BCUT2D eigenvalue weighted by Gasteiger charge is -2.27. The van der Waals surface area contributed by atoms with E-state index >= 15 is 0 Å². The van der Waals surface area contributed by atoms with Gasteiger partial charge in [-0.25, -0.2) is 4.79 Å². The zero-order valence-electron chi connectivity index (χ0n) is 14.4. The molecule has 0 fully saturated rings. The molecule has 2 heterocycles. The van der Waals surface area contributed by atoms with Gasteiger partial charge in [0.15, 0.2) is 0 Å². The number of nitro benzene ring substituents is 1. The van der Waals surface area contributed by atoms with Crippen molar-refractivity contribution in [3.8, 4) is 0 Å². The van der Waals surface area contributed by atoms with Gasteiger partial charge in [0, 0.05) is 17.8 Å². The molecule has 26 heavy (non-hydrogen) atoms. The van der Waals surface area contributed by atoms with Crippen molar-refractivity contribution >= 4 is 17.6 Å². The van der Waals surface area contributed by atoms with E-state index in [2.05, 4.69) is 20.8 Å². The first-order valence-electron chi connectivity index (χ1n) is 8.20. The number of tetrazole rings is 1. The number of fused-ring (bicyclic) bond motifs is 1. The summed E-state index contributed by atoms with van der Waals surface area (Å²) in [5, 5.41) is 25.5. The van der Waals surface area contributed by atoms with Crippen LogP contribution in [0.3, 0.4) is 0 Å². The molecule has 0 saturated carbocycles. The van der Waals surface area contributed by atoms with E-state index in [1.165, 1.54) is 16.8 Å². The van der Waals surface area contributed by atoms with Crippen molar-refractivity contribution in [2.45, 2.75) is 32.7 Å². The number of hydrogen-bond acceptors (Lipinski definition) is 8. The number of rotatable bonds is 6. The summed E-state index contributed by atoms with van der Waals surface area (Å²) in [6, 6.07) is 5.35. The summed E-state index contributed by atoms with van der Waals surface area (Å²) in [6.45, 7) is 4.02. The van der Waals surface area contributed by atoms with Crippen LogP contribution in [-0.2, 0) is 9.53 Å². The summed E-state index contributed by atoms with van der Waals surface area (Å²) in [5.41, 5.74) is 1.31. The molecule has 1 atom stereocenters. The van der Waals surface area contributed by atoms with Gasteiger partial charge in [-0.15, -0.1) is 0 Å². The van der Waals surface area contributed by atoms with Crippen molar-refractivity contribution in [1.82, 2.24) is 20.2 Å². The van der Waals surface area contributed by atoms with E-state index in [1.54, 1.807) is 19.1 Å². The number of nitrogens with zero attached hydrogens (tertiary/aromatic N) is 5. The Bertz CT molecular complexity index is 875. The SMILES string of the molecule is CCCCOC(=O)C1=C(C)Nc2nnnn2[C@H]1c1cccc([N+](=O)[O-])c1. The number of allylic oxidation sites excluding steroid dienone is 1.